The first-order valence-corrected chi connectivity index (χ1v) is 9.99. The lowest BCUT2D eigenvalue weighted by molar-refractivity contribution is 0.0602. The number of benzene rings is 1. The van der Waals surface area contributed by atoms with Gasteiger partial charge >= 0.3 is 0 Å². The lowest BCUT2D eigenvalue weighted by atomic mass is 9.99. The summed E-state index contributed by atoms with van der Waals surface area (Å²) in [4.78, 5) is 19.1. The molecule has 0 aliphatic carbocycles. The first kappa shape index (κ1) is 20.0. The summed E-state index contributed by atoms with van der Waals surface area (Å²) in [6.07, 6.45) is 6.09. The van der Waals surface area contributed by atoms with Crippen LogP contribution in [0.3, 0.4) is 0 Å². The van der Waals surface area contributed by atoms with Crippen molar-refractivity contribution in [2.75, 3.05) is 32.1 Å². The predicted octanol–water partition coefficient (Wildman–Crippen LogP) is 3.99. The largest absolute Gasteiger partial charge is 0.497 e. The minimum atomic E-state index is 0.0425. The van der Waals surface area contributed by atoms with Gasteiger partial charge in [-0.3, -0.25) is 4.79 Å². The molecular weight excluding hydrogens is 354 g/mol. The van der Waals surface area contributed by atoms with Crippen LogP contribution in [-0.4, -0.2) is 48.6 Å². The fraction of sp³-hybridized carbons (Fsp3) is 0.455. The lowest BCUT2D eigenvalue weighted by Crippen LogP contribution is -2.43. The Bertz CT molecular complexity index is 747. The molecule has 6 nitrogen and oxygen atoms in total. The second kappa shape index (κ2) is 9.97. The Morgan fingerprint density at radius 3 is 2.64 bits per heavy atom. The number of hydrogen-bond acceptors (Lipinski definition) is 5. The number of aromatic nitrogens is 1. The zero-order valence-corrected chi connectivity index (χ0v) is 16.7. The average Bonchev–Trinajstić information content (AvgIpc) is 2.77. The Hall–Kier alpha value is -2.76. The van der Waals surface area contributed by atoms with Gasteiger partial charge in [0.1, 0.15) is 23.8 Å². The summed E-state index contributed by atoms with van der Waals surface area (Å²) in [6.45, 7) is 4.15. The number of methoxy groups -OCH3 is 1. The van der Waals surface area contributed by atoms with Gasteiger partial charge in [-0.25, -0.2) is 4.98 Å². The monoisotopic (exact) mass is 383 g/mol. The third kappa shape index (κ3) is 5.15. The summed E-state index contributed by atoms with van der Waals surface area (Å²) in [5.41, 5.74) is 1.39. The van der Waals surface area contributed by atoms with Crippen LogP contribution >= 0.6 is 0 Å². The van der Waals surface area contributed by atoms with E-state index in [1.165, 1.54) is 6.42 Å². The second-order valence-corrected chi connectivity index (χ2v) is 6.94. The fourth-order valence-corrected chi connectivity index (χ4v) is 3.50. The summed E-state index contributed by atoms with van der Waals surface area (Å²) < 4.78 is 10.8. The van der Waals surface area contributed by atoms with Gasteiger partial charge in [0, 0.05) is 19.1 Å². The summed E-state index contributed by atoms with van der Waals surface area (Å²) in [5, 5.41) is 3.27. The molecule has 3 rings (SSSR count). The first-order valence-electron chi connectivity index (χ1n) is 9.99. The van der Waals surface area contributed by atoms with E-state index >= 15 is 0 Å². The van der Waals surface area contributed by atoms with Crippen LogP contribution in [0.5, 0.6) is 11.5 Å². The molecule has 1 saturated heterocycles. The number of nitrogens with one attached hydrogen (secondary N) is 1. The van der Waals surface area contributed by atoms with Gasteiger partial charge in [0.15, 0.2) is 0 Å². The average molecular weight is 383 g/mol. The predicted molar refractivity (Wildman–Crippen MR) is 110 cm³/mol. The molecule has 1 aliphatic heterocycles. The maximum Gasteiger partial charge on any atom is 0.272 e. The summed E-state index contributed by atoms with van der Waals surface area (Å²) in [7, 11) is 1.64. The Morgan fingerprint density at radius 2 is 1.96 bits per heavy atom. The molecule has 28 heavy (non-hydrogen) atoms. The van der Waals surface area contributed by atoms with Crippen LogP contribution in [0.15, 0.2) is 42.6 Å². The molecule has 0 radical (unpaired) electrons. The third-order valence-corrected chi connectivity index (χ3v) is 5.10. The van der Waals surface area contributed by atoms with Gasteiger partial charge in [-0.15, -0.1) is 0 Å². The first-order chi connectivity index (χ1) is 13.7. The molecule has 2 aromatic rings. The van der Waals surface area contributed by atoms with E-state index in [4.69, 9.17) is 9.47 Å². The molecule has 1 aromatic carbocycles. The van der Waals surface area contributed by atoms with Crippen molar-refractivity contribution < 1.29 is 14.3 Å². The Kier molecular flexibility index (Phi) is 7.12. The van der Waals surface area contributed by atoms with Crippen LogP contribution in [0.1, 0.15) is 43.1 Å². The topological polar surface area (TPSA) is 63.7 Å². The van der Waals surface area contributed by atoms with Crippen molar-refractivity contribution in [3.8, 4) is 11.5 Å². The van der Waals surface area contributed by atoms with Gasteiger partial charge in [-0.1, -0.05) is 6.92 Å². The molecule has 0 saturated carbocycles. The highest BCUT2D eigenvalue weighted by Gasteiger charge is 2.26. The SMILES string of the molecule is CCC1CCCCN1C(=O)c1ccc(NCCOc2ccc(OC)cc2)cn1. The summed E-state index contributed by atoms with van der Waals surface area (Å²) in [5.74, 6) is 1.65. The van der Waals surface area contributed by atoms with Gasteiger partial charge in [0.05, 0.1) is 19.0 Å². The van der Waals surface area contributed by atoms with Crippen molar-refractivity contribution in [3.05, 3.63) is 48.3 Å². The van der Waals surface area contributed by atoms with Crippen LogP contribution in [0.25, 0.3) is 0 Å². The molecule has 1 fully saturated rings. The smallest absolute Gasteiger partial charge is 0.272 e. The highest BCUT2D eigenvalue weighted by molar-refractivity contribution is 5.92. The van der Waals surface area contributed by atoms with Crippen LogP contribution in [0, 0.1) is 0 Å². The molecular formula is C22H29N3O3. The molecule has 0 bridgehead atoms. The van der Waals surface area contributed by atoms with Crippen LogP contribution in [0.4, 0.5) is 5.69 Å². The Labute approximate surface area is 166 Å². The van der Waals surface area contributed by atoms with E-state index in [9.17, 15) is 4.79 Å². The molecule has 1 unspecified atom stereocenters. The number of ether oxygens (including phenoxy) is 2. The van der Waals surface area contributed by atoms with E-state index in [0.29, 0.717) is 24.9 Å². The highest BCUT2D eigenvalue weighted by atomic mass is 16.5. The van der Waals surface area contributed by atoms with Crippen molar-refractivity contribution in [2.45, 2.75) is 38.6 Å². The Balaban J connectivity index is 1.46. The van der Waals surface area contributed by atoms with Crippen molar-refractivity contribution in [1.29, 1.82) is 0 Å². The van der Waals surface area contributed by atoms with E-state index in [1.807, 2.05) is 35.2 Å². The van der Waals surface area contributed by atoms with Gasteiger partial charge < -0.3 is 19.7 Å². The number of carbonyl (C=O) groups is 1. The van der Waals surface area contributed by atoms with Crippen molar-refractivity contribution in [1.82, 2.24) is 9.88 Å². The number of likely N-dealkylation sites (tertiary alicyclic amines) is 1. The molecule has 6 heteroatoms. The van der Waals surface area contributed by atoms with Crippen molar-refractivity contribution in [3.63, 3.8) is 0 Å². The molecule has 0 spiro atoms. The van der Waals surface area contributed by atoms with Crippen molar-refractivity contribution in [2.24, 2.45) is 0 Å². The number of pyridine rings is 1. The maximum atomic E-state index is 12.8. The van der Waals surface area contributed by atoms with Gasteiger partial charge in [-0.05, 0) is 62.1 Å². The number of rotatable bonds is 8. The molecule has 1 aromatic heterocycles. The highest BCUT2D eigenvalue weighted by Crippen LogP contribution is 2.21. The minimum Gasteiger partial charge on any atom is -0.497 e. The fourth-order valence-electron chi connectivity index (χ4n) is 3.50. The summed E-state index contributed by atoms with van der Waals surface area (Å²) in [6, 6.07) is 11.5. The van der Waals surface area contributed by atoms with Gasteiger partial charge in [-0.2, -0.15) is 0 Å². The number of nitrogens with zero attached hydrogens (tertiary/aromatic N) is 2. The quantitative estimate of drug-likeness (QED) is 0.699. The standard InChI is InChI=1S/C22H29N3O3/c1-3-18-6-4-5-14-25(18)22(26)21-12-7-17(16-24-21)23-13-15-28-20-10-8-19(27-2)9-11-20/h7-12,16,18,23H,3-6,13-15H2,1-2H3. The molecule has 1 aliphatic rings. The molecule has 1 atom stereocenters. The van der Waals surface area contributed by atoms with E-state index < -0.39 is 0 Å². The number of piperidine rings is 1. The van der Waals surface area contributed by atoms with Crippen molar-refractivity contribution >= 4 is 11.6 Å². The minimum absolute atomic E-state index is 0.0425. The van der Waals surface area contributed by atoms with Crippen LogP contribution < -0.4 is 14.8 Å². The second-order valence-electron chi connectivity index (χ2n) is 6.94. The van der Waals surface area contributed by atoms with E-state index in [2.05, 4.69) is 17.2 Å². The number of anilines is 1. The molecule has 1 amide bonds. The number of hydrogen-bond donors (Lipinski definition) is 1. The molecule has 2 heterocycles. The maximum absolute atomic E-state index is 12.8. The third-order valence-electron chi connectivity index (χ3n) is 5.10. The molecule has 1 N–H and O–H groups in total. The van der Waals surface area contributed by atoms with Crippen LogP contribution in [0.2, 0.25) is 0 Å². The van der Waals surface area contributed by atoms with E-state index in [1.54, 1.807) is 19.4 Å². The van der Waals surface area contributed by atoms with Gasteiger partial charge in [0.2, 0.25) is 0 Å². The van der Waals surface area contributed by atoms with Crippen LogP contribution in [-0.2, 0) is 0 Å². The normalized spacial score (nSPS) is 16.5. The Morgan fingerprint density at radius 1 is 1.18 bits per heavy atom. The van der Waals surface area contributed by atoms with Gasteiger partial charge in [0.25, 0.3) is 5.91 Å². The van der Waals surface area contributed by atoms with E-state index in [-0.39, 0.29) is 5.91 Å². The zero-order valence-electron chi connectivity index (χ0n) is 16.7. The number of carbonyl (C=O) groups excluding carboxylic acids is 1. The summed E-state index contributed by atoms with van der Waals surface area (Å²) >= 11 is 0. The molecule has 150 valence electrons. The number of amides is 1. The lowest BCUT2D eigenvalue weighted by Gasteiger charge is -2.35. The zero-order chi connectivity index (χ0) is 19.8. The van der Waals surface area contributed by atoms with E-state index in [0.717, 1.165) is 43.0 Å².